The summed E-state index contributed by atoms with van der Waals surface area (Å²) in [6.07, 6.45) is 1.04. The molecule has 0 saturated carbocycles. The van der Waals surface area contributed by atoms with Gasteiger partial charge in [-0.15, -0.1) is 0 Å². The average Bonchev–Trinajstić information content (AvgIpc) is 2.65. The lowest BCUT2D eigenvalue weighted by atomic mass is 10.1. The molecule has 0 aliphatic heterocycles. The first-order chi connectivity index (χ1) is 8.09. The summed E-state index contributed by atoms with van der Waals surface area (Å²) in [5, 5.41) is 0. The number of rotatable bonds is 4. The largest absolute Gasteiger partial charge is 0.324 e. The van der Waals surface area contributed by atoms with Gasteiger partial charge in [-0.3, -0.25) is 4.90 Å². The second-order valence-corrected chi connectivity index (χ2v) is 5.27. The van der Waals surface area contributed by atoms with Gasteiger partial charge in [0, 0.05) is 25.2 Å². The molecule has 0 heterocycles. The standard InChI is InChI=1S/C14H23N3/c1-16(2)8-9-17(3)14-10-13(15)11-6-4-5-7-12(11)14/h4-7,13-14H,8-10,15H2,1-3H3. The van der Waals surface area contributed by atoms with E-state index < -0.39 is 0 Å². The molecule has 3 heteroatoms. The van der Waals surface area contributed by atoms with E-state index in [0.717, 1.165) is 19.5 Å². The van der Waals surface area contributed by atoms with E-state index in [1.807, 2.05) is 0 Å². The van der Waals surface area contributed by atoms with E-state index >= 15 is 0 Å². The zero-order valence-electron chi connectivity index (χ0n) is 11.1. The summed E-state index contributed by atoms with van der Waals surface area (Å²) in [6.45, 7) is 2.17. The average molecular weight is 233 g/mol. The Balaban J connectivity index is 2.08. The van der Waals surface area contributed by atoms with Crippen LogP contribution in [-0.4, -0.2) is 44.0 Å². The molecule has 94 valence electrons. The Hall–Kier alpha value is -0.900. The van der Waals surface area contributed by atoms with Crippen LogP contribution < -0.4 is 5.73 Å². The van der Waals surface area contributed by atoms with Gasteiger partial charge in [0.05, 0.1) is 0 Å². The van der Waals surface area contributed by atoms with Crippen LogP contribution in [0.25, 0.3) is 0 Å². The zero-order chi connectivity index (χ0) is 12.4. The Morgan fingerprint density at radius 2 is 1.76 bits per heavy atom. The van der Waals surface area contributed by atoms with Crippen LogP contribution in [0.3, 0.4) is 0 Å². The minimum absolute atomic E-state index is 0.206. The molecular weight excluding hydrogens is 210 g/mol. The Morgan fingerprint density at radius 1 is 1.12 bits per heavy atom. The minimum atomic E-state index is 0.206. The molecule has 1 aromatic rings. The molecule has 1 aromatic carbocycles. The number of hydrogen-bond donors (Lipinski definition) is 1. The molecule has 0 aromatic heterocycles. The Labute approximate surface area is 104 Å². The maximum atomic E-state index is 6.19. The van der Waals surface area contributed by atoms with Crippen molar-refractivity contribution in [3.63, 3.8) is 0 Å². The third-order valence-corrected chi connectivity index (χ3v) is 3.66. The number of nitrogens with zero attached hydrogens (tertiary/aromatic N) is 2. The monoisotopic (exact) mass is 233 g/mol. The van der Waals surface area contributed by atoms with Crippen LogP contribution in [0.4, 0.5) is 0 Å². The molecule has 2 N–H and O–H groups in total. The maximum Gasteiger partial charge on any atom is 0.0366 e. The Bertz CT molecular complexity index is 375. The van der Waals surface area contributed by atoms with E-state index in [4.69, 9.17) is 5.73 Å². The summed E-state index contributed by atoms with van der Waals surface area (Å²) in [6, 6.07) is 9.28. The molecule has 0 fully saturated rings. The first-order valence-electron chi connectivity index (χ1n) is 6.29. The van der Waals surface area contributed by atoms with Gasteiger partial charge in [0.25, 0.3) is 0 Å². The van der Waals surface area contributed by atoms with E-state index in [-0.39, 0.29) is 6.04 Å². The summed E-state index contributed by atoms with van der Waals surface area (Å²) in [5.74, 6) is 0. The molecular formula is C14H23N3. The summed E-state index contributed by atoms with van der Waals surface area (Å²) in [5.41, 5.74) is 8.94. The van der Waals surface area contributed by atoms with Crippen molar-refractivity contribution in [2.24, 2.45) is 5.73 Å². The van der Waals surface area contributed by atoms with Crippen LogP contribution in [-0.2, 0) is 0 Å². The van der Waals surface area contributed by atoms with Gasteiger partial charge >= 0.3 is 0 Å². The number of benzene rings is 1. The van der Waals surface area contributed by atoms with Crippen molar-refractivity contribution in [3.05, 3.63) is 35.4 Å². The second kappa shape index (κ2) is 5.17. The van der Waals surface area contributed by atoms with Crippen LogP contribution in [0.5, 0.6) is 0 Å². The van der Waals surface area contributed by atoms with Crippen molar-refractivity contribution < 1.29 is 0 Å². The topological polar surface area (TPSA) is 32.5 Å². The number of likely N-dealkylation sites (N-methyl/N-ethyl adjacent to an activating group) is 2. The molecule has 2 atom stereocenters. The minimum Gasteiger partial charge on any atom is -0.324 e. The normalized spacial score (nSPS) is 23.4. The highest BCUT2D eigenvalue weighted by atomic mass is 15.2. The lowest BCUT2D eigenvalue weighted by molar-refractivity contribution is 0.213. The van der Waals surface area contributed by atoms with Crippen LogP contribution in [0.15, 0.2) is 24.3 Å². The number of hydrogen-bond acceptors (Lipinski definition) is 3. The fraction of sp³-hybridized carbons (Fsp3) is 0.571. The van der Waals surface area contributed by atoms with Crippen LogP contribution in [0.2, 0.25) is 0 Å². The van der Waals surface area contributed by atoms with Gasteiger partial charge in [-0.25, -0.2) is 0 Å². The zero-order valence-corrected chi connectivity index (χ0v) is 11.1. The van der Waals surface area contributed by atoms with Crippen molar-refractivity contribution in [2.75, 3.05) is 34.2 Å². The summed E-state index contributed by atoms with van der Waals surface area (Å²) in [7, 11) is 6.42. The molecule has 3 nitrogen and oxygen atoms in total. The molecule has 17 heavy (non-hydrogen) atoms. The summed E-state index contributed by atoms with van der Waals surface area (Å²) in [4.78, 5) is 4.64. The van der Waals surface area contributed by atoms with Gasteiger partial charge in [0.1, 0.15) is 0 Å². The van der Waals surface area contributed by atoms with Gasteiger partial charge in [0.2, 0.25) is 0 Å². The highest BCUT2D eigenvalue weighted by molar-refractivity contribution is 5.37. The highest BCUT2D eigenvalue weighted by Crippen LogP contribution is 2.39. The number of fused-ring (bicyclic) bond motifs is 1. The Morgan fingerprint density at radius 3 is 2.41 bits per heavy atom. The second-order valence-electron chi connectivity index (χ2n) is 5.27. The molecule has 0 bridgehead atoms. The van der Waals surface area contributed by atoms with Gasteiger partial charge in [-0.2, -0.15) is 0 Å². The van der Waals surface area contributed by atoms with Gasteiger partial charge in [-0.05, 0) is 38.7 Å². The molecule has 1 aliphatic carbocycles. The predicted octanol–water partition coefficient (Wildman–Crippen LogP) is 1.62. The maximum absolute atomic E-state index is 6.19. The molecule has 0 spiro atoms. The van der Waals surface area contributed by atoms with Crippen LogP contribution >= 0.6 is 0 Å². The van der Waals surface area contributed by atoms with Crippen LogP contribution in [0, 0.1) is 0 Å². The quantitative estimate of drug-likeness (QED) is 0.858. The van der Waals surface area contributed by atoms with E-state index in [0.29, 0.717) is 6.04 Å². The SMILES string of the molecule is CN(C)CCN(C)C1CC(N)c2ccccc21. The lowest BCUT2D eigenvalue weighted by Crippen LogP contribution is -2.31. The van der Waals surface area contributed by atoms with Crippen molar-refractivity contribution in [2.45, 2.75) is 18.5 Å². The van der Waals surface area contributed by atoms with E-state index in [9.17, 15) is 0 Å². The van der Waals surface area contributed by atoms with Gasteiger partial charge < -0.3 is 10.6 Å². The van der Waals surface area contributed by atoms with Crippen LogP contribution in [0.1, 0.15) is 29.6 Å². The smallest absolute Gasteiger partial charge is 0.0366 e. The van der Waals surface area contributed by atoms with Gasteiger partial charge in [-0.1, -0.05) is 24.3 Å². The predicted molar refractivity (Wildman–Crippen MR) is 71.9 cm³/mol. The fourth-order valence-electron chi connectivity index (χ4n) is 2.58. The molecule has 0 amide bonds. The summed E-state index contributed by atoms with van der Waals surface area (Å²) < 4.78 is 0. The fourth-order valence-corrected chi connectivity index (χ4v) is 2.58. The summed E-state index contributed by atoms with van der Waals surface area (Å²) >= 11 is 0. The van der Waals surface area contributed by atoms with Crippen molar-refractivity contribution in [1.29, 1.82) is 0 Å². The van der Waals surface area contributed by atoms with Gasteiger partial charge in [0.15, 0.2) is 0 Å². The Kier molecular flexibility index (Phi) is 3.82. The van der Waals surface area contributed by atoms with Crippen molar-refractivity contribution in [1.82, 2.24) is 9.80 Å². The molecule has 0 saturated heterocycles. The number of nitrogens with two attached hydrogens (primary N) is 1. The third-order valence-electron chi connectivity index (χ3n) is 3.66. The van der Waals surface area contributed by atoms with E-state index in [1.54, 1.807) is 0 Å². The molecule has 2 unspecified atom stereocenters. The molecule has 2 rings (SSSR count). The van der Waals surface area contributed by atoms with Crippen molar-refractivity contribution >= 4 is 0 Å². The third kappa shape index (κ3) is 2.68. The van der Waals surface area contributed by atoms with Crippen molar-refractivity contribution in [3.8, 4) is 0 Å². The van der Waals surface area contributed by atoms with E-state index in [2.05, 4.69) is 55.2 Å². The first kappa shape index (κ1) is 12.6. The molecule has 1 aliphatic rings. The van der Waals surface area contributed by atoms with E-state index in [1.165, 1.54) is 11.1 Å². The lowest BCUT2D eigenvalue weighted by Gasteiger charge is -2.26. The first-order valence-corrected chi connectivity index (χ1v) is 6.29. The highest BCUT2D eigenvalue weighted by Gasteiger charge is 2.30. The molecule has 0 radical (unpaired) electrons.